The first-order valence-corrected chi connectivity index (χ1v) is 9.61. The van der Waals surface area contributed by atoms with Gasteiger partial charge in [-0.05, 0) is 50.2 Å². The third-order valence-electron chi connectivity index (χ3n) is 4.56. The van der Waals surface area contributed by atoms with E-state index in [1.165, 1.54) is 24.4 Å². The third kappa shape index (κ3) is 4.92. The molecular weight excluding hydrogens is 423 g/mol. The number of ether oxygens (including phenoxy) is 1. The fourth-order valence-electron chi connectivity index (χ4n) is 3.06. The lowest BCUT2D eigenvalue weighted by atomic mass is 10.2. The van der Waals surface area contributed by atoms with E-state index in [4.69, 9.17) is 16.3 Å². The fourth-order valence-corrected chi connectivity index (χ4v) is 3.31. The maximum Gasteiger partial charge on any atom is 0.329 e. The molecule has 1 heterocycles. The summed E-state index contributed by atoms with van der Waals surface area (Å²) in [5, 5.41) is 6.52. The highest BCUT2D eigenvalue weighted by atomic mass is 35.5. The number of anilines is 1. The molecule has 0 radical (unpaired) electrons. The Kier molecular flexibility index (Phi) is 6.71. The van der Waals surface area contributed by atoms with Crippen molar-refractivity contribution < 1.29 is 18.7 Å². The Bertz CT molecular complexity index is 1170. The molecule has 160 valence electrons. The number of nitrogens with zero attached hydrogens (tertiary/aromatic N) is 2. The van der Waals surface area contributed by atoms with Gasteiger partial charge in [0.1, 0.15) is 11.6 Å². The third-order valence-corrected chi connectivity index (χ3v) is 4.86. The van der Waals surface area contributed by atoms with Crippen molar-refractivity contribution in [1.82, 2.24) is 9.99 Å². The van der Waals surface area contributed by atoms with Gasteiger partial charge in [-0.15, -0.1) is 0 Å². The maximum atomic E-state index is 13.6. The number of aryl methyl sites for hydroxylation is 1. The topological polar surface area (TPSA) is 84.7 Å². The molecule has 0 saturated heterocycles. The predicted molar refractivity (Wildman–Crippen MR) is 118 cm³/mol. The summed E-state index contributed by atoms with van der Waals surface area (Å²) in [5.41, 5.74) is 5.40. The quantitative estimate of drug-likeness (QED) is 0.356. The highest BCUT2D eigenvalue weighted by Crippen LogP contribution is 2.28. The molecule has 0 atom stereocenters. The summed E-state index contributed by atoms with van der Waals surface area (Å²) in [6, 6.07) is 12.9. The summed E-state index contributed by atoms with van der Waals surface area (Å²) in [7, 11) is 1.55. The Morgan fingerprint density at radius 3 is 2.55 bits per heavy atom. The second kappa shape index (κ2) is 9.44. The second-order valence-electron chi connectivity index (χ2n) is 6.61. The summed E-state index contributed by atoms with van der Waals surface area (Å²) in [5.74, 6) is -2.11. The van der Waals surface area contributed by atoms with Crippen LogP contribution in [0, 0.1) is 19.7 Å². The van der Waals surface area contributed by atoms with E-state index in [1.807, 2.05) is 30.5 Å². The Hall–Kier alpha value is -3.65. The van der Waals surface area contributed by atoms with E-state index in [-0.39, 0.29) is 5.69 Å². The average molecular weight is 443 g/mol. The minimum Gasteiger partial charge on any atom is -0.495 e. The molecule has 9 heteroatoms. The molecule has 3 aromatic rings. The molecule has 0 bridgehead atoms. The van der Waals surface area contributed by atoms with Crippen LogP contribution in [-0.2, 0) is 9.59 Å². The molecular formula is C22H20ClFN4O3. The first-order valence-electron chi connectivity index (χ1n) is 9.23. The van der Waals surface area contributed by atoms with E-state index in [0.717, 1.165) is 22.6 Å². The van der Waals surface area contributed by atoms with Crippen molar-refractivity contribution in [2.24, 2.45) is 5.10 Å². The van der Waals surface area contributed by atoms with Gasteiger partial charge in [0.25, 0.3) is 0 Å². The number of hydrogen-bond acceptors (Lipinski definition) is 4. The van der Waals surface area contributed by atoms with E-state index < -0.39 is 17.6 Å². The van der Waals surface area contributed by atoms with Crippen LogP contribution in [0.25, 0.3) is 5.69 Å². The molecule has 0 fully saturated rings. The number of rotatable bonds is 5. The average Bonchev–Trinajstić information content (AvgIpc) is 3.02. The van der Waals surface area contributed by atoms with Gasteiger partial charge in [0, 0.05) is 22.6 Å². The van der Waals surface area contributed by atoms with Gasteiger partial charge < -0.3 is 14.6 Å². The molecule has 2 N–H and O–H groups in total. The van der Waals surface area contributed by atoms with E-state index in [2.05, 4.69) is 15.8 Å². The number of carbonyl (C=O) groups excluding carboxylic acids is 2. The first-order chi connectivity index (χ1) is 14.8. The highest BCUT2D eigenvalue weighted by molar-refractivity contribution is 6.39. The molecule has 0 spiro atoms. The van der Waals surface area contributed by atoms with Gasteiger partial charge in [0.2, 0.25) is 0 Å². The Morgan fingerprint density at radius 2 is 1.87 bits per heavy atom. The second-order valence-corrected chi connectivity index (χ2v) is 7.02. The van der Waals surface area contributed by atoms with E-state index in [1.54, 1.807) is 25.3 Å². The van der Waals surface area contributed by atoms with Crippen LogP contribution >= 0.6 is 11.6 Å². The lowest BCUT2D eigenvalue weighted by Gasteiger charge is -2.11. The van der Waals surface area contributed by atoms with Crippen molar-refractivity contribution in [3.8, 4) is 11.4 Å². The summed E-state index contributed by atoms with van der Waals surface area (Å²) in [6.45, 7) is 3.81. The van der Waals surface area contributed by atoms with Crippen LogP contribution in [0.15, 0.2) is 53.6 Å². The van der Waals surface area contributed by atoms with E-state index in [9.17, 15) is 14.0 Å². The van der Waals surface area contributed by atoms with E-state index >= 15 is 0 Å². The SMILES string of the molecule is COc1ccc(-n2c(C)cc(/C=N\NC(=O)C(=O)Nc3ccccc3F)c2C)cc1Cl. The molecule has 0 aliphatic carbocycles. The standard InChI is InChI=1S/C22H20ClFN4O3/c1-13-10-15(14(2)28(13)16-8-9-20(31-3)17(23)11-16)12-25-27-22(30)21(29)26-19-7-5-4-6-18(19)24/h4-12H,1-3H3,(H,26,29)(H,27,30)/b25-12-. The minimum absolute atomic E-state index is 0.0895. The van der Waals surface area contributed by atoms with Crippen molar-refractivity contribution in [3.05, 3.63) is 76.3 Å². The zero-order chi connectivity index (χ0) is 22.5. The molecule has 0 unspecified atom stereocenters. The number of nitrogens with one attached hydrogen (secondary N) is 2. The lowest BCUT2D eigenvalue weighted by molar-refractivity contribution is -0.136. The number of aromatic nitrogens is 1. The Morgan fingerprint density at radius 1 is 1.13 bits per heavy atom. The highest BCUT2D eigenvalue weighted by Gasteiger charge is 2.15. The first kappa shape index (κ1) is 22.0. The number of hydrogen-bond donors (Lipinski definition) is 2. The van der Waals surface area contributed by atoms with Crippen LogP contribution in [-0.4, -0.2) is 29.7 Å². The van der Waals surface area contributed by atoms with Crippen LogP contribution in [0.3, 0.4) is 0 Å². The lowest BCUT2D eigenvalue weighted by Crippen LogP contribution is -2.32. The molecule has 31 heavy (non-hydrogen) atoms. The van der Waals surface area contributed by atoms with Crippen molar-refractivity contribution in [2.45, 2.75) is 13.8 Å². The fraction of sp³-hybridized carbons (Fsp3) is 0.136. The van der Waals surface area contributed by atoms with Gasteiger partial charge in [-0.25, -0.2) is 9.82 Å². The van der Waals surface area contributed by atoms with Crippen LogP contribution in [0.4, 0.5) is 10.1 Å². The van der Waals surface area contributed by atoms with Crippen LogP contribution in [0.5, 0.6) is 5.75 Å². The van der Waals surface area contributed by atoms with Gasteiger partial charge in [-0.2, -0.15) is 5.10 Å². The number of halogens is 2. The van der Waals surface area contributed by atoms with Crippen molar-refractivity contribution >= 4 is 35.3 Å². The minimum atomic E-state index is -1.03. The molecule has 7 nitrogen and oxygen atoms in total. The Balaban J connectivity index is 1.71. The van der Waals surface area contributed by atoms with Gasteiger partial charge >= 0.3 is 11.8 Å². The summed E-state index contributed by atoms with van der Waals surface area (Å²) in [6.07, 6.45) is 1.43. The van der Waals surface area contributed by atoms with Gasteiger partial charge in [-0.1, -0.05) is 23.7 Å². The van der Waals surface area contributed by atoms with Gasteiger partial charge in [-0.3, -0.25) is 9.59 Å². The smallest absolute Gasteiger partial charge is 0.329 e. The number of methoxy groups -OCH3 is 1. The number of carbonyl (C=O) groups is 2. The molecule has 2 aromatic carbocycles. The van der Waals surface area contributed by atoms with Crippen molar-refractivity contribution in [1.29, 1.82) is 0 Å². The van der Waals surface area contributed by atoms with Crippen molar-refractivity contribution in [3.63, 3.8) is 0 Å². The largest absolute Gasteiger partial charge is 0.495 e. The monoisotopic (exact) mass is 442 g/mol. The number of para-hydroxylation sites is 1. The normalized spacial score (nSPS) is 10.9. The zero-order valence-corrected chi connectivity index (χ0v) is 17.8. The maximum absolute atomic E-state index is 13.6. The van der Waals surface area contributed by atoms with Crippen LogP contribution < -0.4 is 15.5 Å². The van der Waals surface area contributed by atoms with Crippen molar-refractivity contribution in [2.75, 3.05) is 12.4 Å². The zero-order valence-electron chi connectivity index (χ0n) is 17.1. The molecule has 1 aromatic heterocycles. The number of benzene rings is 2. The van der Waals surface area contributed by atoms with Gasteiger partial charge in [0.15, 0.2) is 0 Å². The summed E-state index contributed by atoms with van der Waals surface area (Å²) < 4.78 is 20.7. The van der Waals surface area contributed by atoms with E-state index in [0.29, 0.717) is 10.8 Å². The number of amides is 2. The molecule has 3 rings (SSSR count). The summed E-state index contributed by atoms with van der Waals surface area (Å²) >= 11 is 6.23. The van der Waals surface area contributed by atoms with Crippen LogP contribution in [0.1, 0.15) is 17.0 Å². The Labute approximate surface area is 183 Å². The van der Waals surface area contributed by atoms with Gasteiger partial charge in [0.05, 0.1) is 24.0 Å². The van der Waals surface area contributed by atoms with Crippen LogP contribution in [0.2, 0.25) is 5.02 Å². The molecule has 0 saturated carbocycles. The molecule has 0 aliphatic rings. The molecule has 2 amide bonds. The number of hydrazone groups is 1. The summed E-state index contributed by atoms with van der Waals surface area (Å²) in [4.78, 5) is 23.8. The predicted octanol–water partition coefficient (Wildman–Crippen LogP) is 3.98. The molecule has 0 aliphatic heterocycles.